The van der Waals surface area contributed by atoms with E-state index in [0.29, 0.717) is 12.6 Å². The SMILES string of the molecule is CN1CCCN(c2ccc(F)cc2)C(CCN)C1. The predicted octanol–water partition coefficient (Wildman–Crippen LogP) is 1.68. The Morgan fingerprint density at radius 1 is 1.28 bits per heavy atom. The summed E-state index contributed by atoms with van der Waals surface area (Å²) in [6, 6.07) is 7.22. The third-order valence-electron chi connectivity index (χ3n) is 3.56. The number of nitrogens with zero attached hydrogens (tertiary/aromatic N) is 2. The molecule has 1 aliphatic heterocycles. The minimum Gasteiger partial charge on any atom is -0.367 e. The van der Waals surface area contributed by atoms with Crippen molar-refractivity contribution in [2.45, 2.75) is 18.9 Å². The third kappa shape index (κ3) is 3.21. The summed E-state index contributed by atoms with van der Waals surface area (Å²) in [6.45, 7) is 3.84. The lowest BCUT2D eigenvalue weighted by atomic mass is 10.1. The van der Waals surface area contributed by atoms with Crippen LogP contribution in [0, 0.1) is 5.82 Å². The van der Waals surface area contributed by atoms with Gasteiger partial charge in [0.25, 0.3) is 0 Å². The number of benzene rings is 1. The van der Waals surface area contributed by atoms with E-state index in [1.807, 2.05) is 12.1 Å². The van der Waals surface area contributed by atoms with Crippen LogP contribution in [-0.2, 0) is 0 Å². The number of rotatable bonds is 3. The molecule has 1 fully saturated rings. The predicted molar refractivity (Wildman–Crippen MR) is 73.3 cm³/mol. The minimum atomic E-state index is -0.180. The Labute approximate surface area is 108 Å². The van der Waals surface area contributed by atoms with E-state index < -0.39 is 0 Å². The Morgan fingerprint density at radius 3 is 2.67 bits per heavy atom. The van der Waals surface area contributed by atoms with E-state index in [2.05, 4.69) is 16.8 Å². The van der Waals surface area contributed by atoms with E-state index in [0.717, 1.165) is 38.2 Å². The Kier molecular flexibility index (Phi) is 4.55. The van der Waals surface area contributed by atoms with Crippen LogP contribution < -0.4 is 10.6 Å². The molecule has 0 bridgehead atoms. The van der Waals surface area contributed by atoms with Gasteiger partial charge in [-0.05, 0) is 57.2 Å². The fourth-order valence-corrected chi connectivity index (χ4v) is 2.66. The van der Waals surface area contributed by atoms with Crippen molar-refractivity contribution >= 4 is 5.69 Å². The molecule has 1 aromatic carbocycles. The Balaban J connectivity index is 2.18. The largest absolute Gasteiger partial charge is 0.367 e. The van der Waals surface area contributed by atoms with Crippen molar-refractivity contribution in [1.29, 1.82) is 0 Å². The van der Waals surface area contributed by atoms with E-state index >= 15 is 0 Å². The number of hydrogen-bond donors (Lipinski definition) is 1. The summed E-state index contributed by atoms with van der Waals surface area (Å²) in [4.78, 5) is 4.72. The molecule has 0 spiro atoms. The van der Waals surface area contributed by atoms with Crippen molar-refractivity contribution in [2.24, 2.45) is 5.73 Å². The van der Waals surface area contributed by atoms with Crippen LogP contribution >= 0.6 is 0 Å². The van der Waals surface area contributed by atoms with Crippen LogP contribution in [0.4, 0.5) is 10.1 Å². The molecule has 0 saturated carbocycles. The zero-order valence-corrected chi connectivity index (χ0v) is 11.0. The summed E-state index contributed by atoms with van der Waals surface area (Å²) in [5.74, 6) is -0.180. The molecule has 0 radical (unpaired) electrons. The first-order valence-electron chi connectivity index (χ1n) is 6.61. The lowest BCUT2D eigenvalue weighted by Crippen LogP contribution is -2.41. The van der Waals surface area contributed by atoms with Gasteiger partial charge in [0.05, 0.1) is 0 Å². The molecule has 3 nitrogen and oxygen atoms in total. The Bertz CT molecular complexity index is 366. The number of anilines is 1. The van der Waals surface area contributed by atoms with Crippen LogP contribution in [0.3, 0.4) is 0 Å². The van der Waals surface area contributed by atoms with Gasteiger partial charge in [-0.2, -0.15) is 0 Å². The second kappa shape index (κ2) is 6.16. The minimum absolute atomic E-state index is 0.180. The van der Waals surface area contributed by atoms with E-state index in [9.17, 15) is 4.39 Å². The normalized spacial score (nSPS) is 21.9. The third-order valence-corrected chi connectivity index (χ3v) is 3.56. The summed E-state index contributed by atoms with van der Waals surface area (Å²) < 4.78 is 13.0. The number of likely N-dealkylation sites (N-methyl/N-ethyl adjacent to an activating group) is 1. The maximum Gasteiger partial charge on any atom is 0.123 e. The fraction of sp³-hybridized carbons (Fsp3) is 0.571. The van der Waals surface area contributed by atoms with Gasteiger partial charge in [-0.25, -0.2) is 4.39 Å². The van der Waals surface area contributed by atoms with Crippen LogP contribution in [0.25, 0.3) is 0 Å². The van der Waals surface area contributed by atoms with Crippen molar-refractivity contribution in [3.63, 3.8) is 0 Å². The molecule has 2 rings (SSSR count). The molecule has 1 aliphatic rings. The van der Waals surface area contributed by atoms with E-state index in [4.69, 9.17) is 5.73 Å². The molecule has 1 atom stereocenters. The first kappa shape index (κ1) is 13.3. The Morgan fingerprint density at radius 2 is 2.00 bits per heavy atom. The van der Waals surface area contributed by atoms with Crippen LogP contribution in [-0.4, -0.2) is 44.2 Å². The average Bonchev–Trinajstić information content (AvgIpc) is 2.53. The van der Waals surface area contributed by atoms with Gasteiger partial charge in [-0.3, -0.25) is 0 Å². The van der Waals surface area contributed by atoms with Gasteiger partial charge >= 0.3 is 0 Å². The molecule has 4 heteroatoms. The van der Waals surface area contributed by atoms with Crippen molar-refractivity contribution in [3.8, 4) is 0 Å². The van der Waals surface area contributed by atoms with Gasteiger partial charge < -0.3 is 15.5 Å². The van der Waals surface area contributed by atoms with Crippen LogP contribution in [0.2, 0.25) is 0 Å². The maximum atomic E-state index is 13.0. The van der Waals surface area contributed by atoms with Gasteiger partial charge in [-0.15, -0.1) is 0 Å². The highest BCUT2D eigenvalue weighted by Gasteiger charge is 2.22. The van der Waals surface area contributed by atoms with Gasteiger partial charge in [0.2, 0.25) is 0 Å². The van der Waals surface area contributed by atoms with Crippen LogP contribution in [0.5, 0.6) is 0 Å². The molecule has 18 heavy (non-hydrogen) atoms. The quantitative estimate of drug-likeness (QED) is 0.887. The first-order valence-corrected chi connectivity index (χ1v) is 6.61. The highest BCUT2D eigenvalue weighted by atomic mass is 19.1. The topological polar surface area (TPSA) is 32.5 Å². The number of nitrogens with two attached hydrogens (primary N) is 1. The molecule has 1 saturated heterocycles. The molecule has 1 unspecified atom stereocenters. The maximum absolute atomic E-state index is 13.0. The summed E-state index contributed by atoms with van der Waals surface area (Å²) in [5.41, 5.74) is 6.82. The van der Waals surface area contributed by atoms with Crippen LogP contribution in [0.15, 0.2) is 24.3 Å². The molecule has 0 aliphatic carbocycles. The highest BCUT2D eigenvalue weighted by Crippen LogP contribution is 2.22. The average molecular weight is 251 g/mol. The lowest BCUT2D eigenvalue weighted by molar-refractivity contribution is 0.326. The summed E-state index contributed by atoms with van der Waals surface area (Å²) in [6.07, 6.45) is 2.11. The monoisotopic (exact) mass is 251 g/mol. The highest BCUT2D eigenvalue weighted by molar-refractivity contribution is 5.47. The summed E-state index contributed by atoms with van der Waals surface area (Å²) >= 11 is 0. The lowest BCUT2D eigenvalue weighted by Gasteiger charge is -2.32. The van der Waals surface area contributed by atoms with E-state index in [1.165, 1.54) is 12.1 Å². The zero-order valence-electron chi connectivity index (χ0n) is 11.0. The van der Waals surface area contributed by atoms with Gasteiger partial charge in [0.15, 0.2) is 0 Å². The molecule has 0 amide bonds. The summed E-state index contributed by atoms with van der Waals surface area (Å²) in [7, 11) is 2.15. The van der Waals surface area contributed by atoms with Crippen LogP contribution in [0.1, 0.15) is 12.8 Å². The van der Waals surface area contributed by atoms with Crippen molar-refractivity contribution in [3.05, 3.63) is 30.1 Å². The second-order valence-electron chi connectivity index (χ2n) is 5.02. The fourth-order valence-electron chi connectivity index (χ4n) is 2.66. The molecule has 100 valence electrons. The first-order chi connectivity index (χ1) is 8.70. The van der Waals surface area contributed by atoms with E-state index in [-0.39, 0.29) is 5.82 Å². The molecule has 1 heterocycles. The summed E-state index contributed by atoms with van der Waals surface area (Å²) in [5, 5.41) is 0. The van der Waals surface area contributed by atoms with Gasteiger partial charge in [-0.1, -0.05) is 0 Å². The molecule has 2 N–H and O–H groups in total. The second-order valence-corrected chi connectivity index (χ2v) is 5.02. The van der Waals surface area contributed by atoms with Gasteiger partial charge in [0, 0.05) is 24.8 Å². The molecular weight excluding hydrogens is 229 g/mol. The zero-order chi connectivity index (χ0) is 13.0. The van der Waals surface area contributed by atoms with E-state index in [1.54, 1.807) is 0 Å². The number of hydrogen-bond acceptors (Lipinski definition) is 3. The standard InChI is InChI=1S/C14H22FN3/c1-17-9-2-10-18(14(11-17)7-8-16)13-5-3-12(15)4-6-13/h3-6,14H,2,7-11,16H2,1H3. The van der Waals surface area contributed by atoms with Crippen molar-refractivity contribution in [2.75, 3.05) is 38.1 Å². The Hall–Kier alpha value is -1.13. The molecule has 1 aromatic rings. The smallest absolute Gasteiger partial charge is 0.123 e. The molecular formula is C14H22FN3. The van der Waals surface area contributed by atoms with Crippen molar-refractivity contribution in [1.82, 2.24) is 4.90 Å². The van der Waals surface area contributed by atoms with Crippen molar-refractivity contribution < 1.29 is 4.39 Å². The number of halogens is 1. The van der Waals surface area contributed by atoms with Gasteiger partial charge in [0.1, 0.15) is 5.82 Å². The molecule has 0 aromatic heterocycles.